The fourth-order valence-electron chi connectivity index (χ4n) is 2.29. The molecule has 1 aromatic rings. The first kappa shape index (κ1) is 13.1. The van der Waals surface area contributed by atoms with E-state index in [9.17, 15) is 13.2 Å². The van der Waals surface area contributed by atoms with Crippen LogP contribution in [-0.4, -0.2) is 36.4 Å². The Balaban J connectivity index is 2.33. The molecule has 2 atom stereocenters. The van der Waals surface area contributed by atoms with Crippen LogP contribution in [0.1, 0.15) is 30.8 Å². The highest BCUT2D eigenvalue weighted by Gasteiger charge is 2.38. The summed E-state index contributed by atoms with van der Waals surface area (Å²) in [6.07, 6.45) is 0.797. The lowest BCUT2D eigenvalue weighted by atomic mass is 10.1. The predicted octanol–water partition coefficient (Wildman–Crippen LogP) is 1.40. The minimum atomic E-state index is -3.73. The zero-order chi connectivity index (χ0) is 13.5. The average Bonchev–Trinajstić information content (AvgIpc) is 2.85. The fourth-order valence-corrected chi connectivity index (χ4v) is 3.96. The Morgan fingerprint density at radius 1 is 1.44 bits per heavy atom. The minimum Gasteiger partial charge on any atom is -0.475 e. The maximum atomic E-state index is 12.3. The second kappa shape index (κ2) is 4.40. The molecule has 1 aliphatic rings. The summed E-state index contributed by atoms with van der Waals surface area (Å²) >= 11 is 0. The van der Waals surface area contributed by atoms with Crippen LogP contribution in [0.3, 0.4) is 0 Å². The van der Waals surface area contributed by atoms with Gasteiger partial charge in [0.1, 0.15) is 0 Å². The highest BCUT2D eigenvalue weighted by Crippen LogP contribution is 2.29. The van der Waals surface area contributed by atoms with Crippen molar-refractivity contribution in [2.45, 2.75) is 31.4 Å². The lowest BCUT2D eigenvalue weighted by molar-refractivity contribution is 0.0656. The molecule has 100 valence electrons. The molecule has 6 nitrogen and oxygen atoms in total. The van der Waals surface area contributed by atoms with Crippen LogP contribution in [0.25, 0.3) is 0 Å². The number of hydrogen-bond donors (Lipinski definition) is 1. The molecule has 2 heterocycles. The van der Waals surface area contributed by atoms with Gasteiger partial charge >= 0.3 is 5.97 Å². The van der Waals surface area contributed by atoms with Crippen molar-refractivity contribution in [2.75, 3.05) is 6.54 Å². The topological polar surface area (TPSA) is 87.8 Å². The number of nitrogens with zero attached hydrogens (tertiary/aromatic N) is 1. The number of carboxylic acid groups (broad SMARTS) is 1. The molecule has 1 saturated heterocycles. The van der Waals surface area contributed by atoms with Gasteiger partial charge < -0.3 is 9.52 Å². The van der Waals surface area contributed by atoms with E-state index in [-0.39, 0.29) is 16.9 Å². The SMILES string of the molecule is CC1CC(C)N(S(=O)(=O)c2ccc(C(=O)O)o2)C1. The average molecular weight is 273 g/mol. The molecular weight excluding hydrogens is 258 g/mol. The number of aromatic carboxylic acids is 1. The van der Waals surface area contributed by atoms with Crippen molar-refractivity contribution in [1.82, 2.24) is 4.31 Å². The van der Waals surface area contributed by atoms with E-state index in [0.29, 0.717) is 12.5 Å². The maximum Gasteiger partial charge on any atom is 0.371 e. The number of furan rings is 1. The fraction of sp³-hybridized carbons (Fsp3) is 0.545. The molecule has 18 heavy (non-hydrogen) atoms. The number of rotatable bonds is 3. The third-order valence-corrected chi connectivity index (χ3v) is 4.94. The summed E-state index contributed by atoms with van der Waals surface area (Å²) in [5, 5.41) is 8.42. The van der Waals surface area contributed by atoms with Crippen LogP contribution in [-0.2, 0) is 10.0 Å². The third-order valence-electron chi connectivity index (χ3n) is 3.08. The number of hydrogen-bond acceptors (Lipinski definition) is 4. The lowest BCUT2D eigenvalue weighted by Gasteiger charge is -2.19. The Labute approximate surface area is 105 Å². The van der Waals surface area contributed by atoms with E-state index in [0.717, 1.165) is 12.5 Å². The van der Waals surface area contributed by atoms with Crippen molar-refractivity contribution >= 4 is 16.0 Å². The van der Waals surface area contributed by atoms with E-state index < -0.39 is 16.0 Å². The summed E-state index contributed by atoms with van der Waals surface area (Å²) in [6.45, 7) is 4.26. The first-order valence-electron chi connectivity index (χ1n) is 5.67. The van der Waals surface area contributed by atoms with Crippen molar-refractivity contribution in [3.8, 4) is 0 Å². The van der Waals surface area contributed by atoms with Crippen molar-refractivity contribution < 1.29 is 22.7 Å². The molecule has 1 aliphatic heterocycles. The van der Waals surface area contributed by atoms with Gasteiger partial charge in [-0.3, -0.25) is 0 Å². The van der Waals surface area contributed by atoms with E-state index in [1.165, 1.54) is 10.4 Å². The van der Waals surface area contributed by atoms with Crippen molar-refractivity contribution in [2.24, 2.45) is 5.92 Å². The highest BCUT2D eigenvalue weighted by atomic mass is 32.2. The Morgan fingerprint density at radius 3 is 2.56 bits per heavy atom. The van der Waals surface area contributed by atoms with Gasteiger partial charge in [-0.25, -0.2) is 13.2 Å². The van der Waals surface area contributed by atoms with Crippen LogP contribution >= 0.6 is 0 Å². The Bertz CT molecular complexity index is 562. The normalized spacial score (nSPS) is 25.4. The summed E-state index contributed by atoms with van der Waals surface area (Å²) < 4.78 is 30.8. The molecule has 2 unspecified atom stereocenters. The van der Waals surface area contributed by atoms with Gasteiger partial charge in [0.05, 0.1) is 0 Å². The molecule has 2 rings (SSSR count). The van der Waals surface area contributed by atoms with Gasteiger partial charge in [-0.2, -0.15) is 4.31 Å². The molecule has 0 saturated carbocycles. The van der Waals surface area contributed by atoms with Crippen LogP contribution in [0.2, 0.25) is 0 Å². The first-order chi connectivity index (χ1) is 8.32. The second-order valence-electron chi connectivity index (χ2n) is 4.69. The van der Waals surface area contributed by atoms with E-state index >= 15 is 0 Å². The summed E-state index contributed by atoms with van der Waals surface area (Å²) in [5.74, 6) is -1.35. The van der Waals surface area contributed by atoms with Gasteiger partial charge in [-0.15, -0.1) is 0 Å². The van der Waals surface area contributed by atoms with Gasteiger partial charge in [-0.1, -0.05) is 6.92 Å². The zero-order valence-corrected chi connectivity index (χ0v) is 11.0. The Hall–Kier alpha value is -1.34. The standard InChI is InChI=1S/C11H15NO5S/c1-7-5-8(2)12(6-7)18(15,16)10-4-3-9(17-10)11(13)14/h3-4,7-8H,5-6H2,1-2H3,(H,13,14). The van der Waals surface area contributed by atoms with Gasteiger partial charge in [0.15, 0.2) is 0 Å². The highest BCUT2D eigenvalue weighted by molar-refractivity contribution is 7.89. The molecule has 0 aromatic carbocycles. The zero-order valence-electron chi connectivity index (χ0n) is 10.2. The number of sulfonamides is 1. The second-order valence-corrected chi connectivity index (χ2v) is 6.51. The monoisotopic (exact) mass is 273 g/mol. The summed E-state index contributed by atoms with van der Waals surface area (Å²) in [7, 11) is -3.73. The van der Waals surface area contributed by atoms with Gasteiger partial charge in [0, 0.05) is 12.6 Å². The van der Waals surface area contributed by atoms with Crippen LogP contribution < -0.4 is 0 Å². The van der Waals surface area contributed by atoms with E-state index in [4.69, 9.17) is 9.52 Å². The molecule has 0 aliphatic carbocycles. The summed E-state index contributed by atoms with van der Waals surface area (Å²) in [5.41, 5.74) is 0. The third kappa shape index (κ3) is 2.15. The van der Waals surface area contributed by atoms with Crippen LogP contribution in [0.15, 0.2) is 21.6 Å². The molecule has 1 fully saturated rings. The van der Waals surface area contributed by atoms with E-state index in [1.54, 1.807) is 0 Å². The van der Waals surface area contributed by atoms with Crippen molar-refractivity contribution in [3.63, 3.8) is 0 Å². The Kier molecular flexibility index (Phi) is 3.20. The molecule has 7 heteroatoms. The first-order valence-corrected chi connectivity index (χ1v) is 7.11. The number of carbonyl (C=O) groups is 1. The summed E-state index contributed by atoms with van der Waals surface area (Å²) in [6, 6.07) is 2.25. The minimum absolute atomic E-state index is 0.0941. The largest absolute Gasteiger partial charge is 0.475 e. The van der Waals surface area contributed by atoms with E-state index in [1.807, 2.05) is 13.8 Å². The molecule has 0 spiro atoms. The molecule has 0 bridgehead atoms. The molecule has 0 amide bonds. The van der Waals surface area contributed by atoms with Crippen LogP contribution in [0, 0.1) is 5.92 Å². The number of carboxylic acids is 1. The van der Waals surface area contributed by atoms with Crippen molar-refractivity contribution in [1.29, 1.82) is 0 Å². The van der Waals surface area contributed by atoms with Gasteiger partial charge in [0.25, 0.3) is 10.0 Å². The quantitative estimate of drug-likeness (QED) is 0.899. The smallest absolute Gasteiger partial charge is 0.371 e. The summed E-state index contributed by atoms with van der Waals surface area (Å²) in [4.78, 5) is 10.7. The van der Waals surface area contributed by atoms with Crippen molar-refractivity contribution in [3.05, 3.63) is 17.9 Å². The van der Waals surface area contributed by atoms with E-state index in [2.05, 4.69) is 0 Å². The molecule has 1 N–H and O–H groups in total. The molecular formula is C11H15NO5S. The van der Waals surface area contributed by atoms with Crippen LogP contribution in [0.5, 0.6) is 0 Å². The Morgan fingerprint density at radius 2 is 2.11 bits per heavy atom. The molecule has 1 aromatic heterocycles. The maximum absolute atomic E-state index is 12.3. The van der Waals surface area contributed by atoms with Gasteiger partial charge in [-0.05, 0) is 31.4 Å². The predicted molar refractivity (Wildman–Crippen MR) is 62.8 cm³/mol. The van der Waals surface area contributed by atoms with Crippen LogP contribution in [0.4, 0.5) is 0 Å². The molecule has 0 radical (unpaired) electrons. The lowest BCUT2D eigenvalue weighted by Crippen LogP contribution is -2.33. The van der Waals surface area contributed by atoms with Gasteiger partial charge in [0.2, 0.25) is 10.9 Å².